The summed E-state index contributed by atoms with van der Waals surface area (Å²) in [4.78, 5) is 0. The molecule has 3 atom stereocenters. The molecule has 2 fully saturated rings. The van der Waals surface area contributed by atoms with Crippen LogP contribution in [0.25, 0.3) is 0 Å². The lowest BCUT2D eigenvalue weighted by molar-refractivity contribution is -0.103. The Bertz CT molecular complexity index is 506. The summed E-state index contributed by atoms with van der Waals surface area (Å²) in [7, 11) is 0. The van der Waals surface area contributed by atoms with Crippen LogP contribution in [0, 0.1) is 5.92 Å². The van der Waals surface area contributed by atoms with Crippen molar-refractivity contribution in [1.29, 1.82) is 0 Å². The van der Waals surface area contributed by atoms with Crippen molar-refractivity contribution in [2.75, 3.05) is 19.8 Å². The first-order valence-electron chi connectivity index (χ1n) is 7.26. The molecule has 116 valence electrons. The molecule has 4 nitrogen and oxygen atoms in total. The van der Waals surface area contributed by atoms with E-state index >= 15 is 0 Å². The lowest BCUT2D eigenvalue weighted by atomic mass is 9.79. The average Bonchev–Trinajstić information content (AvgIpc) is 2.90. The summed E-state index contributed by atoms with van der Waals surface area (Å²) in [5.41, 5.74) is 3.78. The van der Waals surface area contributed by atoms with Gasteiger partial charge in [0, 0.05) is 29.7 Å². The molecule has 2 heterocycles. The van der Waals surface area contributed by atoms with Gasteiger partial charge in [0.2, 0.25) is 0 Å². The maximum atomic E-state index is 6.34. The lowest BCUT2D eigenvalue weighted by Gasteiger charge is -2.40. The van der Waals surface area contributed by atoms with Gasteiger partial charge in [-0.25, -0.2) is 0 Å². The van der Waals surface area contributed by atoms with E-state index in [2.05, 4.69) is 5.43 Å². The third kappa shape index (κ3) is 3.21. The number of hydrazine groups is 1. The minimum Gasteiger partial charge on any atom is -0.378 e. The fourth-order valence-electron chi connectivity index (χ4n) is 3.45. The Morgan fingerprint density at radius 3 is 2.86 bits per heavy atom. The van der Waals surface area contributed by atoms with Crippen molar-refractivity contribution in [3.05, 3.63) is 33.8 Å². The van der Waals surface area contributed by atoms with Crippen LogP contribution in [-0.2, 0) is 9.47 Å². The molecule has 1 aromatic rings. The zero-order valence-corrected chi connectivity index (χ0v) is 13.3. The smallest absolute Gasteiger partial charge is 0.0940 e. The third-order valence-corrected chi connectivity index (χ3v) is 5.11. The first kappa shape index (κ1) is 15.5. The normalized spacial score (nSPS) is 30.7. The van der Waals surface area contributed by atoms with Crippen LogP contribution in [0.1, 0.15) is 30.9 Å². The van der Waals surface area contributed by atoms with Crippen LogP contribution in [0.4, 0.5) is 0 Å². The van der Waals surface area contributed by atoms with E-state index in [1.165, 1.54) is 0 Å². The fourth-order valence-corrected chi connectivity index (χ4v) is 3.97. The minimum absolute atomic E-state index is 0.00357. The molecule has 0 amide bonds. The second-order valence-corrected chi connectivity index (χ2v) is 6.74. The summed E-state index contributed by atoms with van der Waals surface area (Å²) in [6, 6.07) is 5.55. The number of hydrogen-bond donors (Lipinski definition) is 2. The highest BCUT2D eigenvalue weighted by Gasteiger charge is 2.43. The molecule has 1 aromatic carbocycles. The molecule has 0 aliphatic carbocycles. The molecule has 2 aliphatic heterocycles. The van der Waals surface area contributed by atoms with Gasteiger partial charge in [-0.1, -0.05) is 29.3 Å². The van der Waals surface area contributed by atoms with Gasteiger partial charge in [-0.15, -0.1) is 0 Å². The highest BCUT2D eigenvalue weighted by molar-refractivity contribution is 6.35. The van der Waals surface area contributed by atoms with E-state index in [9.17, 15) is 0 Å². The Morgan fingerprint density at radius 1 is 1.33 bits per heavy atom. The van der Waals surface area contributed by atoms with Crippen LogP contribution in [0.3, 0.4) is 0 Å². The molecular weight excluding hydrogens is 311 g/mol. The van der Waals surface area contributed by atoms with Gasteiger partial charge >= 0.3 is 0 Å². The molecule has 3 unspecified atom stereocenters. The number of ether oxygens (including phenoxy) is 2. The Balaban J connectivity index is 1.82. The third-order valence-electron chi connectivity index (χ3n) is 4.55. The molecule has 0 bridgehead atoms. The second kappa shape index (κ2) is 6.41. The van der Waals surface area contributed by atoms with Gasteiger partial charge in [0.25, 0.3) is 0 Å². The maximum absolute atomic E-state index is 6.34. The van der Waals surface area contributed by atoms with Crippen LogP contribution in [-0.4, -0.2) is 25.4 Å². The van der Waals surface area contributed by atoms with E-state index in [1.807, 2.05) is 12.1 Å². The van der Waals surface area contributed by atoms with Gasteiger partial charge in [-0.2, -0.15) is 0 Å². The first-order valence-corrected chi connectivity index (χ1v) is 8.02. The van der Waals surface area contributed by atoms with E-state index in [4.69, 9.17) is 38.5 Å². The standard InChI is InChI=1S/C15H20Cl2N2O2/c16-11-1-2-12(13(17)7-11)14(19-18)10-3-5-21-15(8-10)4-6-20-9-15/h1-2,7,10,14,19H,3-6,8-9,18H2. The summed E-state index contributed by atoms with van der Waals surface area (Å²) >= 11 is 12.3. The second-order valence-electron chi connectivity index (χ2n) is 5.90. The number of benzene rings is 1. The van der Waals surface area contributed by atoms with Crippen molar-refractivity contribution in [3.63, 3.8) is 0 Å². The molecule has 0 aromatic heterocycles. The van der Waals surface area contributed by atoms with Gasteiger partial charge in [-0.05, 0) is 36.5 Å². The summed E-state index contributed by atoms with van der Waals surface area (Å²) < 4.78 is 11.5. The summed E-state index contributed by atoms with van der Waals surface area (Å²) in [5, 5.41) is 1.28. The van der Waals surface area contributed by atoms with Gasteiger partial charge < -0.3 is 9.47 Å². The van der Waals surface area contributed by atoms with Crippen molar-refractivity contribution in [1.82, 2.24) is 5.43 Å². The van der Waals surface area contributed by atoms with Gasteiger partial charge in [0.15, 0.2) is 0 Å². The fraction of sp³-hybridized carbons (Fsp3) is 0.600. The van der Waals surface area contributed by atoms with Crippen molar-refractivity contribution in [2.45, 2.75) is 30.9 Å². The van der Waals surface area contributed by atoms with Gasteiger partial charge in [-0.3, -0.25) is 11.3 Å². The summed E-state index contributed by atoms with van der Waals surface area (Å²) in [6.45, 7) is 2.18. The molecular formula is C15H20Cl2N2O2. The highest BCUT2D eigenvalue weighted by atomic mass is 35.5. The van der Waals surface area contributed by atoms with Crippen molar-refractivity contribution in [2.24, 2.45) is 11.8 Å². The van der Waals surface area contributed by atoms with E-state index in [1.54, 1.807) is 6.07 Å². The average molecular weight is 331 g/mol. The van der Waals surface area contributed by atoms with Crippen molar-refractivity contribution in [3.8, 4) is 0 Å². The van der Waals surface area contributed by atoms with Crippen molar-refractivity contribution < 1.29 is 9.47 Å². The molecule has 21 heavy (non-hydrogen) atoms. The number of nitrogens with one attached hydrogen (secondary N) is 1. The summed E-state index contributed by atoms with van der Waals surface area (Å²) in [5.74, 6) is 6.18. The molecule has 0 saturated carbocycles. The maximum Gasteiger partial charge on any atom is 0.0940 e. The molecule has 1 spiro atoms. The number of nitrogens with two attached hydrogens (primary N) is 1. The van der Waals surface area contributed by atoms with E-state index in [0.717, 1.165) is 38.0 Å². The topological polar surface area (TPSA) is 56.5 Å². The minimum atomic E-state index is -0.142. The van der Waals surface area contributed by atoms with Gasteiger partial charge in [0.05, 0.1) is 18.2 Å². The SMILES string of the molecule is NNC(c1ccc(Cl)cc1Cl)C1CCOC2(CCOC2)C1. The molecule has 6 heteroatoms. The van der Waals surface area contributed by atoms with Crippen LogP contribution >= 0.6 is 23.2 Å². The molecule has 0 radical (unpaired) electrons. The Morgan fingerprint density at radius 2 is 2.19 bits per heavy atom. The molecule has 3 N–H and O–H groups in total. The van der Waals surface area contributed by atoms with Crippen LogP contribution in [0.15, 0.2) is 18.2 Å². The lowest BCUT2D eigenvalue weighted by Crippen LogP contribution is -2.45. The highest BCUT2D eigenvalue weighted by Crippen LogP contribution is 2.42. The predicted molar refractivity (Wildman–Crippen MR) is 83.4 cm³/mol. The zero-order chi connectivity index (χ0) is 14.9. The number of rotatable bonds is 3. The monoisotopic (exact) mass is 330 g/mol. The van der Waals surface area contributed by atoms with E-state index in [0.29, 0.717) is 22.6 Å². The zero-order valence-electron chi connectivity index (χ0n) is 11.8. The number of halogens is 2. The quantitative estimate of drug-likeness (QED) is 0.660. The molecule has 2 saturated heterocycles. The van der Waals surface area contributed by atoms with Crippen LogP contribution in [0.5, 0.6) is 0 Å². The molecule has 2 aliphatic rings. The van der Waals surface area contributed by atoms with E-state index in [-0.39, 0.29) is 11.6 Å². The summed E-state index contributed by atoms with van der Waals surface area (Å²) in [6.07, 6.45) is 2.84. The molecule has 3 rings (SSSR count). The predicted octanol–water partition coefficient (Wildman–Crippen LogP) is 3.08. The Labute approximate surface area is 134 Å². The van der Waals surface area contributed by atoms with Gasteiger partial charge in [0.1, 0.15) is 0 Å². The largest absolute Gasteiger partial charge is 0.378 e. The van der Waals surface area contributed by atoms with E-state index < -0.39 is 0 Å². The van der Waals surface area contributed by atoms with Crippen LogP contribution in [0.2, 0.25) is 10.0 Å². The first-order chi connectivity index (χ1) is 10.1. The Kier molecular flexibility index (Phi) is 4.74. The number of hydrogen-bond acceptors (Lipinski definition) is 4. The Hall–Kier alpha value is -0.360. The van der Waals surface area contributed by atoms with Crippen LogP contribution < -0.4 is 11.3 Å². The van der Waals surface area contributed by atoms with Crippen molar-refractivity contribution >= 4 is 23.2 Å².